The number of benzene rings is 3. The average Bonchev–Trinajstić information content (AvgIpc) is 3.01. The smallest absolute Gasteiger partial charge is 0.145 e. The first-order chi connectivity index (χ1) is 13.1. The van der Waals surface area contributed by atoms with Crippen molar-refractivity contribution in [3.05, 3.63) is 107 Å². The van der Waals surface area contributed by atoms with Crippen LogP contribution in [0.5, 0.6) is 0 Å². The van der Waals surface area contributed by atoms with E-state index >= 15 is 0 Å². The zero-order valence-electron chi connectivity index (χ0n) is 15.6. The predicted octanol–water partition coefficient (Wildman–Crippen LogP) is 5.03. The Bertz CT molecular complexity index is 991. The van der Waals surface area contributed by atoms with E-state index < -0.39 is 5.41 Å². The first kappa shape index (κ1) is 17.4. The fraction of sp³-hybridized carbons (Fsp3) is 0.200. The molecule has 134 valence electrons. The Hall–Kier alpha value is -3.00. The molecule has 0 aromatic heterocycles. The number of ketones is 2. The lowest BCUT2D eigenvalue weighted by Gasteiger charge is -2.37. The molecule has 0 amide bonds. The molecule has 1 aliphatic rings. The van der Waals surface area contributed by atoms with E-state index in [0.717, 1.165) is 22.3 Å². The van der Waals surface area contributed by atoms with Crippen molar-refractivity contribution in [1.29, 1.82) is 0 Å². The fourth-order valence-electron chi connectivity index (χ4n) is 4.93. The van der Waals surface area contributed by atoms with Gasteiger partial charge in [-0.1, -0.05) is 84.9 Å². The molecule has 0 fully saturated rings. The third kappa shape index (κ3) is 2.48. The standard InChI is InChI=1S/C25H22O2/c1-17(26)23-21-15-9-10-16-22(21)25(18(2)27,20-13-7-4-8-14-20)24(23)19-11-5-3-6-12-19/h3-16,23-24H,1-2H3/t23-,24+,25+/m0/s1. The van der Waals surface area contributed by atoms with Gasteiger partial charge in [0.15, 0.2) is 0 Å². The number of hydrogen-bond donors (Lipinski definition) is 0. The molecule has 0 unspecified atom stereocenters. The summed E-state index contributed by atoms with van der Waals surface area (Å²) in [6.45, 7) is 3.29. The molecule has 0 heterocycles. The minimum absolute atomic E-state index is 0.0683. The predicted molar refractivity (Wildman–Crippen MR) is 107 cm³/mol. The number of fused-ring (bicyclic) bond motifs is 1. The molecule has 0 N–H and O–H groups in total. The molecule has 0 bridgehead atoms. The van der Waals surface area contributed by atoms with E-state index in [1.807, 2.05) is 84.9 Å². The van der Waals surface area contributed by atoms with Gasteiger partial charge in [0.2, 0.25) is 0 Å². The molecule has 0 saturated carbocycles. The highest BCUT2D eigenvalue weighted by atomic mass is 16.1. The van der Waals surface area contributed by atoms with Crippen LogP contribution < -0.4 is 0 Å². The van der Waals surface area contributed by atoms with E-state index in [-0.39, 0.29) is 23.4 Å². The van der Waals surface area contributed by atoms with Gasteiger partial charge in [-0.2, -0.15) is 0 Å². The second kappa shape index (κ2) is 6.62. The second-order valence-electron chi connectivity index (χ2n) is 7.29. The molecule has 2 heteroatoms. The van der Waals surface area contributed by atoms with Crippen LogP contribution in [0, 0.1) is 0 Å². The van der Waals surface area contributed by atoms with E-state index in [2.05, 4.69) is 0 Å². The summed E-state index contributed by atoms with van der Waals surface area (Å²) in [5, 5.41) is 0. The van der Waals surface area contributed by atoms with Crippen LogP contribution in [0.25, 0.3) is 0 Å². The minimum atomic E-state index is -0.866. The molecule has 1 aliphatic carbocycles. The Morgan fingerprint density at radius 1 is 0.741 bits per heavy atom. The summed E-state index contributed by atoms with van der Waals surface area (Å²) in [5.41, 5.74) is 3.03. The maximum absolute atomic E-state index is 13.4. The summed E-state index contributed by atoms with van der Waals surface area (Å²) < 4.78 is 0. The molecule has 0 aliphatic heterocycles. The lowest BCUT2D eigenvalue weighted by Crippen LogP contribution is -2.40. The van der Waals surface area contributed by atoms with Gasteiger partial charge in [0.1, 0.15) is 11.6 Å². The quantitative estimate of drug-likeness (QED) is 0.658. The van der Waals surface area contributed by atoms with Gasteiger partial charge in [-0.3, -0.25) is 9.59 Å². The van der Waals surface area contributed by atoms with Crippen LogP contribution in [-0.4, -0.2) is 11.6 Å². The highest BCUT2D eigenvalue weighted by Crippen LogP contribution is 2.59. The van der Waals surface area contributed by atoms with Gasteiger partial charge in [0.05, 0.1) is 11.3 Å². The lowest BCUT2D eigenvalue weighted by atomic mass is 9.63. The van der Waals surface area contributed by atoms with Gasteiger partial charge in [0.25, 0.3) is 0 Å². The summed E-state index contributed by atoms with van der Waals surface area (Å²) in [6, 6.07) is 27.8. The van der Waals surface area contributed by atoms with Gasteiger partial charge in [-0.05, 0) is 36.1 Å². The Morgan fingerprint density at radius 3 is 1.89 bits per heavy atom. The van der Waals surface area contributed by atoms with Crippen LogP contribution >= 0.6 is 0 Å². The number of carbonyl (C=O) groups excluding carboxylic acids is 2. The van der Waals surface area contributed by atoms with Crippen molar-refractivity contribution in [3.8, 4) is 0 Å². The van der Waals surface area contributed by atoms with Crippen LogP contribution in [-0.2, 0) is 15.0 Å². The van der Waals surface area contributed by atoms with Crippen molar-refractivity contribution < 1.29 is 9.59 Å². The Labute approximate surface area is 159 Å². The summed E-state index contributed by atoms with van der Waals surface area (Å²) in [5.74, 6) is -0.435. The van der Waals surface area contributed by atoms with Gasteiger partial charge >= 0.3 is 0 Å². The maximum atomic E-state index is 13.4. The Kier molecular flexibility index (Phi) is 4.27. The Balaban J connectivity index is 2.13. The average molecular weight is 354 g/mol. The monoisotopic (exact) mass is 354 g/mol. The molecule has 27 heavy (non-hydrogen) atoms. The zero-order chi connectivity index (χ0) is 19.0. The molecule has 3 aromatic rings. The van der Waals surface area contributed by atoms with Gasteiger partial charge in [-0.15, -0.1) is 0 Å². The summed E-state index contributed by atoms with van der Waals surface area (Å²) in [6.07, 6.45) is 0. The fourth-order valence-corrected chi connectivity index (χ4v) is 4.93. The van der Waals surface area contributed by atoms with E-state index in [1.165, 1.54) is 0 Å². The SMILES string of the molecule is CC(=O)[C@H]1c2ccccc2[C@@](C(C)=O)(c2ccccc2)[C@@H]1c1ccccc1. The lowest BCUT2D eigenvalue weighted by molar-refractivity contribution is -0.122. The number of rotatable bonds is 4. The summed E-state index contributed by atoms with van der Waals surface area (Å²) in [4.78, 5) is 26.2. The van der Waals surface area contributed by atoms with Gasteiger partial charge in [0, 0.05) is 5.92 Å². The molecular formula is C25H22O2. The van der Waals surface area contributed by atoms with Crippen LogP contribution in [0.4, 0.5) is 0 Å². The highest BCUT2D eigenvalue weighted by molar-refractivity contribution is 5.99. The number of carbonyl (C=O) groups is 2. The normalized spacial score (nSPS) is 23.6. The largest absolute Gasteiger partial charge is 0.299 e. The topological polar surface area (TPSA) is 34.1 Å². The summed E-state index contributed by atoms with van der Waals surface area (Å²) >= 11 is 0. The van der Waals surface area contributed by atoms with Crippen molar-refractivity contribution >= 4 is 11.6 Å². The Morgan fingerprint density at radius 2 is 1.30 bits per heavy atom. The first-order valence-electron chi connectivity index (χ1n) is 9.29. The van der Waals surface area contributed by atoms with Crippen LogP contribution in [0.3, 0.4) is 0 Å². The van der Waals surface area contributed by atoms with Crippen molar-refractivity contribution in [3.63, 3.8) is 0 Å². The van der Waals surface area contributed by atoms with Gasteiger partial charge in [-0.25, -0.2) is 0 Å². The van der Waals surface area contributed by atoms with E-state index in [0.29, 0.717) is 0 Å². The third-order valence-electron chi connectivity index (χ3n) is 5.90. The highest BCUT2D eigenvalue weighted by Gasteiger charge is 2.57. The second-order valence-corrected chi connectivity index (χ2v) is 7.29. The van der Waals surface area contributed by atoms with Gasteiger partial charge < -0.3 is 0 Å². The maximum Gasteiger partial charge on any atom is 0.145 e. The number of Topliss-reactive ketones (excluding diaryl/α,β-unsaturated/α-hetero) is 2. The van der Waals surface area contributed by atoms with Crippen molar-refractivity contribution in [2.75, 3.05) is 0 Å². The van der Waals surface area contributed by atoms with Crippen LogP contribution in [0.1, 0.15) is 47.9 Å². The van der Waals surface area contributed by atoms with E-state index in [1.54, 1.807) is 13.8 Å². The first-order valence-corrected chi connectivity index (χ1v) is 9.29. The molecule has 2 nitrogen and oxygen atoms in total. The molecule has 4 rings (SSSR count). The summed E-state index contributed by atoms with van der Waals surface area (Å²) in [7, 11) is 0. The van der Waals surface area contributed by atoms with Crippen LogP contribution in [0.15, 0.2) is 84.9 Å². The molecule has 3 atom stereocenters. The number of hydrogen-bond acceptors (Lipinski definition) is 2. The van der Waals surface area contributed by atoms with E-state index in [9.17, 15) is 9.59 Å². The van der Waals surface area contributed by atoms with E-state index in [4.69, 9.17) is 0 Å². The minimum Gasteiger partial charge on any atom is -0.299 e. The molecule has 0 saturated heterocycles. The molecule has 3 aromatic carbocycles. The van der Waals surface area contributed by atoms with Crippen molar-refractivity contribution in [2.45, 2.75) is 31.1 Å². The van der Waals surface area contributed by atoms with Crippen molar-refractivity contribution in [1.82, 2.24) is 0 Å². The molecular weight excluding hydrogens is 332 g/mol. The third-order valence-corrected chi connectivity index (χ3v) is 5.90. The molecule has 0 radical (unpaired) electrons. The molecule has 0 spiro atoms. The van der Waals surface area contributed by atoms with Crippen molar-refractivity contribution in [2.24, 2.45) is 0 Å². The van der Waals surface area contributed by atoms with Crippen LogP contribution in [0.2, 0.25) is 0 Å². The zero-order valence-corrected chi connectivity index (χ0v) is 15.6.